The van der Waals surface area contributed by atoms with Gasteiger partial charge in [0.25, 0.3) is 5.91 Å². The van der Waals surface area contributed by atoms with E-state index in [-0.39, 0.29) is 24.1 Å². The number of rotatable bonds is 5. The van der Waals surface area contributed by atoms with Crippen molar-refractivity contribution >= 4 is 44.3 Å². The summed E-state index contributed by atoms with van der Waals surface area (Å²) >= 11 is 3.39. The Kier molecular flexibility index (Phi) is 6.10. The van der Waals surface area contributed by atoms with E-state index < -0.39 is 0 Å². The van der Waals surface area contributed by atoms with Gasteiger partial charge < -0.3 is 10.1 Å². The van der Waals surface area contributed by atoms with Crippen molar-refractivity contribution < 1.29 is 18.7 Å². The van der Waals surface area contributed by atoms with Gasteiger partial charge in [-0.05, 0) is 79.2 Å². The Morgan fingerprint density at radius 2 is 1.72 bits per heavy atom. The minimum absolute atomic E-state index is 0.0491. The molecule has 0 aliphatic rings. The monoisotopic (exact) mass is 493 g/mol. The lowest BCUT2D eigenvalue weighted by Gasteiger charge is -2.08. The molecule has 3 aromatic carbocycles. The van der Waals surface area contributed by atoms with Gasteiger partial charge in [0.2, 0.25) is 5.91 Å². The SMILES string of the molecule is COc1ccc2c(c1)c(CC(=O)Nc1ccc([18F])cc1)c(C)n2C(=O)c1ccc(Br)cc1. The van der Waals surface area contributed by atoms with Gasteiger partial charge in [-0.15, -0.1) is 0 Å². The second-order valence-electron chi connectivity index (χ2n) is 7.33. The van der Waals surface area contributed by atoms with Gasteiger partial charge >= 0.3 is 0 Å². The lowest BCUT2D eigenvalue weighted by Crippen LogP contribution is -2.16. The second-order valence-corrected chi connectivity index (χ2v) is 8.24. The number of ether oxygens (including phenoxy) is 1. The first kappa shape index (κ1) is 21.8. The Hall–Kier alpha value is -3.45. The zero-order chi connectivity index (χ0) is 22.8. The van der Waals surface area contributed by atoms with Crippen LogP contribution in [0, 0.1) is 12.7 Å². The third-order valence-electron chi connectivity index (χ3n) is 5.30. The maximum absolute atomic E-state index is 13.3. The molecule has 0 aliphatic heterocycles. The maximum atomic E-state index is 13.3. The van der Waals surface area contributed by atoms with E-state index in [4.69, 9.17) is 4.74 Å². The van der Waals surface area contributed by atoms with Crippen molar-refractivity contribution in [2.75, 3.05) is 12.4 Å². The molecule has 1 heterocycles. The number of amides is 1. The minimum Gasteiger partial charge on any atom is -0.497 e. The van der Waals surface area contributed by atoms with Crippen LogP contribution in [0.1, 0.15) is 21.6 Å². The second kappa shape index (κ2) is 8.96. The van der Waals surface area contributed by atoms with E-state index in [1.54, 1.807) is 29.9 Å². The number of nitrogens with zero attached hydrogens (tertiary/aromatic N) is 1. The normalized spacial score (nSPS) is 10.9. The molecular formula is C25H20BrFN2O3. The molecular weight excluding hydrogens is 474 g/mol. The molecule has 0 radical (unpaired) electrons. The topological polar surface area (TPSA) is 60.3 Å². The molecule has 1 N–H and O–H groups in total. The fourth-order valence-corrected chi connectivity index (χ4v) is 3.96. The molecule has 0 bridgehead atoms. The number of halogens is 2. The summed E-state index contributed by atoms with van der Waals surface area (Å²) in [7, 11) is 1.57. The molecule has 1 amide bonds. The van der Waals surface area contributed by atoms with Gasteiger partial charge in [-0.2, -0.15) is 0 Å². The Labute approximate surface area is 192 Å². The molecule has 0 atom stereocenters. The Balaban J connectivity index is 1.75. The average Bonchev–Trinajstić information content (AvgIpc) is 3.06. The molecule has 0 spiro atoms. The summed E-state index contributed by atoms with van der Waals surface area (Å²) < 4.78 is 21.0. The van der Waals surface area contributed by atoms with Crippen molar-refractivity contribution in [1.29, 1.82) is 0 Å². The van der Waals surface area contributed by atoms with Gasteiger partial charge in [-0.1, -0.05) is 15.9 Å². The maximum Gasteiger partial charge on any atom is 0.262 e. The molecule has 1 aromatic heterocycles. The third kappa shape index (κ3) is 4.29. The van der Waals surface area contributed by atoms with E-state index in [2.05, 4.69) is 21.2 Å². The Morgan fingerprint density at radius 3 is 2.38 bits per heavy atom. The summed E-state index contributed by atoms with van der Waals surface area (Å²) in [6.45, 7) is 1.82. The summed E-state index contributed by atoms with van der Waals surface area (Å²) in [6, 6.07) is 18.1. The molecule has 7 heteroatoms. The number of fused-ring (bicyclic) bond motifs is 1. The van der Waals surface area contributed by atoms with Gasteiger partial charge in [0.05, 0.1) is 19.0 Å². The van der Waals surface area contributed by atoms with Crippen LogP contribution in [-0.2, 0) is 11.2 Å². The van der Waals surface area contributed by atoms with Crippen molar-refractivity contribution in [3.8, 4) is 5.75 Å². The molecule has 5 nitrogen and oxygen atoms in total. The van der Waals surface area contributed by atoms with Crippen LogP contribution in [0.5, 0.6) is 5.75 Å². The standard InChI is InChI=1S/C25H20BrFN2O3/c1-15-21(14-24(30)28-19-9-7-18(27)8-10-19)22-13-20(32-2)11-12-23(22)29(15)25(31)16-3-5-17(26)6-4-16/h3-13H,14H2,1-2H3,(H,28,30)/i27-1. The van der Waals surface area contributed by atoms with E-state index in [9.17, 15) is 14.0 Å². The van der Waals surface area contributed by atoms with Gasteiger partial charge in [0.1, 0.15) is 11.6 Å². The quantitative estimate of drug-likeness (QED) is 0.386. The predicted molar refractivity (Wildman–Crippen MR) is 126 cm³/mol. The molecule has 32 heavy (non-hydrogen) atoms. The van der Waals surface area contributed by atoms with Crippen LogP contribution in [0.15, 0.2) is 71.2 Å². The number of nitrogens with one attached hydrogen (secondary N) is 1. The Bertz CT molecular complexity index is 1310. The van der Waals surface area contributed by atoms with Crippen molar-refractivity contribution in [1.82, 2.24) is 4.57 Å². The number of carbonyl (C=O) groups excluding carboxylic acids is 2. The van der Waals surface area contributed by atoms with E-state index in [0.29, 0.717) is 28.2 Å². The third-order valence-corrected chi connectivity index (χ3v) is 5.83. The van der Waals surface area contributed by atoms with E-state index >= 15 is 0 Å². The number of aromatic nitrogens is 1. The molecule has 0 unspecified atom stereocenters. The number of benzene rings is 3. The highest BCUT2D eigenvalue weighted by molar-refractivity contribution is 9.10. The number of hydrogen-bond donors (Lipinski definition) is 1. The van der Waals surface area contributed by atoms with Crippen LogP contribution in [0.25, 0.3) is 10.9 Å². The van der Waals surface area contributed by atoms with Crippen molar-refractivity contribution in [2.24, 2.45) is 0 Å². The zero-order valence-corrected chi connectivity index (χ0v) is 19.1. The molecule has 4 rings (SSSR count). The summed E-state index contributed by atoms with van der Waals surface area (Å²) in [5.74, 6) is -0.195. The predicted octanol–water partition coefficient (Wildman–Crippen LogP) is 5.73. The fourth-order valence-electron chi connectivity index (χ4n) is 3.69. The van der Waals surface area contributed by atoms with Gasteiger partial charge in [0, 0.05) is 26.8 Å². The average molecular weight is 494 g/mol. The molecule has 162 valence electrons. The molecule has 0 fully saturated rings. The largest absolute Gasteiger partial charge is 0.497 e. The van der Waals surface area contributed by atoms with E-state index in [0.717, 1.165) is 15.4 Å². The summed E-state index contributed by atoms with van der Waals surface area (Å²) in [4.78, 5) is 26.1. The molecule has 0 saturated carbocycles. The van der Waals surface area contributed by atoms with Crippen LogP contribution in [0.3, 0.4) is 0 Å². The van der Waals surface area contributed by atoms with Crippen LogP contribution in [0.2, 0.25) is 0 Å². The molecule has 0 saturated heterocycles. The number of anilines is 1. The van der Waals surface area contributed by atoms with Crippen LogP contribution in [-0.4, -0.2) is 23.5 Å². The molecule has 0 aliphatic carbocycles. The fraction of sp³-hybridized carbons (Fsp3) is 0.120. The lowest BCUT2D eigenvalue weighted by molar-refractivity contribution is -0.115. The van der Waals surface area contributed by atoms with E-state index in [1.165, 1.54) is 24.3 Å². The first-order valence-electron chi connectivity index (χ1n) is 9.91. The first-order chi connectivity index (χ1) is 15.4. The highest BCUT2D eigenvalue weighted by Crippen LogP contribution is 2.31. The lowest BCUT2D eigenvalue weighted by atomic mass is 10.1. The number of carbonyl (C=O) groups is 2. The van der Waals surface area contributed by atoms with Crippen LogP contribution < -0.4 is 10.1 Å². The zero-order valence-electron chi connectivity index (χ0n) is 17.5. The first-order valence-corrected chi connectivity index (χ1v) is 10.7. The smallest absolute Gasteiger partial charge is 0.262 e. The van der Waals surface area contributed by atoms with Gasteiger partial charge in [0.15, 0.2) is 0 Å². The Morgan fingerprint density at radius 1 is 1.03 bits per heavy atom. The van der Waals surface area contributed by atoms with Crippen molar-refractivity contribution in [2.45, 2.75) is 13.3 Å². The van der Waals surface area contributed by atoms with Crippen LogP contribution >= 0.6 is 15.9 Å². The summed E-state index contributed by atoms with van der Waals surface area (Å²) in [5, 5.41) is 3.54. The van der Waals surface area contributed by atoms with Crippen LogP contribution in [0.4, 0.5) is 10.1 Å². The summed E-state index contributed by atoms with van der Waals surface area (Å²) in [5.41, 5.74) is 3.13. The van der Waals surface area contributed by atoms with Gasteiger partial charge in [-0.3, -0.25) is 14.2 Å². The van der Waals surface area contributed by atoms with E-state index in [1.807, 2.05) is 31.2 Å². The van der Waals surface area contributed by atoms with Crippen molar-refractivity contribution in [3.63, 3.8) is 0 Å². The highest BCUT2D eigenvalue weighted by Gasteiger charge is 2.22. The molecule has 4 aromatic rings. The van der Waals surface area contributed by atoms with Crippen molar-refractivity contribution in [3.05, 3.63) is 93.8 Å². The number of methoxy groups -OCH3 is 1. The summed E-state index contributed by atoms with van der Waals surface area (Å²) in [6.07, 6.45) is 0.0491. The minimum atomic E-state index is -0.375. The highest BCUT2D eigenvalue weighted by atomic mass is 79.9. The number of hydrogen-bond acceptors (Lipinski definition) is 3. The van der Waals surface area contributed by atoms with Gasteiger partial charge in [-0.25, -0.2) is 4.39 Å².